The molecule has 1 amide bonds. The number of carbonyl (C=O) groups excluding carboxylic acids is 1. The van der Waals surface area contributed by atoms with E-state index < -0.39 is 6.10 Å². The van der Waals surface area contributed by atoms with Gasteiger partial charge >= 0.3 is 0 Å². The highest BCUT2D eigenvalue weighted by Gasteiger charge is 2.36. The zero-order valence-electron chi connectivity index (χ0n) is 13.6. The summed E-state index contributed by atoms with van der Waals surface area (Å²) < 4.78 is 0. The van der Waals surface area contributed by atoms with Crippen LogP contribution in [0.25, 0.3) is 0 Å². The van der Waals surface area contributed by atoms with Crippen LogP contribution in [0, 0.1) is 0 Å². The zero-order chi connectivity index (χ0) is 16.5. The minimum Gasteiger partial charge on any atom is -0.387 e. The van der Waals surface area contributed by atoms with Crippen molar-refractivity contribution < 1.29 is 9.90 Å². The number of piperidine rings is 1. The van der Waals surface area contributed by atoms with Crippen LogP contribution in [0.3, 0.4) is 0 Å². The van der Waals surface area contributed by atoms with Crippen molar-refractivity contribution in [2.24, 2.45) is 0 Å². The first kappa shape index (κ1) is 15.4. The first-order chi connectivity index (χ1) is 11.7. The van der Waals surface area contributed by atoms with Gasteiger partial charge in [-0.25, -0.2) is 0 Å². The molecule has 1 aliphatic heterocycles. The normalized spacial score (nSPS) is 24.7. The lowest BCUT2D eigenvalue weighted by atomic mass is 10.0. The highest BCUT2D eigenvalue weighted by Crippen LogP contribution is 2.35. The van der Waals surface area contributed by atoms with E-state index in [4.69, 9.17) is 0 Å². The van der Waals surface area contributed by atoms with E-state index >= 15 is 0 Å². The molecule has 1 aromatic carbocycles. The van der Waals surface area contributed by atoms with Gasteiger partial charge in [0.1, 0.15) is 5.69 Å². The molecule has 1 aliphatic carbocycles. The number of nitrogens with zero attached hydrogens (tertiary/aromatic N) is 1. The van der Waals surface area contributed by atoms with Crippen molar-refractivity contribution in [3.63, 3.8) is 0 Å². The Morgan fingerprint density at radius 1 is 1.17 bits per heavy atom. The Morgan fingerprint density at radius 3 is 2.67 bits per heavy atom. The number of nitrogens with one attached hydrogen (secondary N) is 2. The molecule has 0 spiro atoms. The van der Waals surface area contributed by atoms with Gasteiger partial charge in [0.25, 0.3) is 5.91 Å². The van der Waals surface area contributed by atoms with Crippen molar-refractivity contribution in [2.45, 2.75) is 37.5 Å². The lowest BCUT2D eigenvalue weighted by molar-refractivity contribution is 0.0427. The maximum Gasteiger partial charge on any atom is 0.267 e. The van der Waals surface area contributed by atoms with Crippen LogP contribution in [0.15, 0.2) is 42.6 Å². The number of H-pyrrole nitrogens is 1. The van der Waals surface area contributed by atoms with Crippen molar-refractivity contribution in [1.29, 1.82) is 0 Å². The van der Waals surface area contributed by atoms with Crippen molar-refractivity contribution in [3.8, 4) is 0 Å². The van der Waals surface area contributed by atoms with Crippen LogP contribution >= 0.6 is 0 Å². The predicted octanol–water partition coefficient (Wildman–Crippen LogP) is 1.87. The van der Waals surface area contributed by atoms with Gasteiger partial charge in [0.05, 0.1) is 6.10 Å². The first-order valence-corrected chi connectivity index (χ1v) is 8.66. The number of rotatable bonds is 3. The number of aliphatic hydroxyl groups excluding tert-OH is 1. The molecule has 2 atom stereocenters. The molecule has 1 aromatic heterocycles. The van der Waals surface area contributed by atoms with Gasteiger partial charge in [0, 0.05) is 31.4 Å². The molecule has 126 valence electrons. The lowest BCUT2D eigenvalue weighted by Gasteiger charge is -2.37. The van der Waals surface area contributed by atoms with Crippen LogP contribution in [0.5, 0.6) is 0 Å². The first-order valence-electron chi connectivity index (χ1n) is 8.66. The molecule has 2 heterocycles. The van der Waals surface area contributed by atoms with Gasteiger partial charge in [-0.3, -0.25) is 9.69 Å². The van der Waals surface area contributed by atoms with Crippen molar-refractivity contribution in [1.82, 2.24) is 15.2 Å². The van der Waals surface area contributed by atoms with E-state index in [1.807, 2.05) is 24.3 Å². The standard InChI is InChI=1S/C19H23N3O2/c23-18-15-5-2-1-4-13(15)12-17(18)22-10-7-14(8-11-22)21-19(24)16-6-3-9-20-16/h1-6,9,14,17-18,20,23H,7-8,10-12H2,(H,21,24)/t17-,18-/m0/s1. The number of fused-ring (bicyclic) bond motifs is 1. The second-order valence-corrected chi connectivity index (χ2v) is 6.78. The summed E-state index contributed by atoms with van der Waals surface area (Å²) in [6.45, 7) is 1.82. The summed E-state index contributed by atoms with van der Waals surface area (Å²) in [7, 11) is 0. The molecule has 0 bridgehead atoms. The second-order valence-electron chi connectivity index (χ2n) is 6.78. The summed E-state index contributed by atoms with van der Waals surface area (Å²) in [4.78, 5) is 17.4. The van der Waals surface area contributed by atoms with Gasteiger partial charge in [-0.1, -0.05) is 24.3 Å². The fourth-order valence-corrected chi connectivity index (χ4v) is 3.99. The van der Waals surface area contributed by atoms with Gasteiger partial charge in [-0.15, -0.1) is 0 Å². The van der Waals surface area contributed by atoms with Crippen LogP contribution in [0.4, 0.5) is 0 Å². The number of benzene rings is 1. The third kappa shape index (κ3) is 2.85. The Balaban J connectivity index is 1.33. The molecule has 5 nitrogen and oxygen atoms in total. The molecule has 1 fully saturated rings. The molecule has 4 rings (SSSR count). The number of hydrogen-bond acceptors (Lipinski definition) is 3. The summed E-state index contributed by atoms with van der Waals surface area (Å²) in [5.74, 6) is -0.0354. The van der Waals surface area contributed by atoms with Crippen molar-refractivity contribution in [2.75, 3.05) is 13.1 Å². The van der Waals surface area contributed by atoms with Crippen LogP contribution < -0.4 is 5.32 Å². The van der Waals surface area contributed by atoms with Crippen LogP contribution in [-0.2, 0) is 6.42 Å². The Labute approximate surface area is 141 Å². The SMILES string of the molecule is O=C(NC1CCN([C@H]2Cc3ccccc3[C@@H]2O)CC1)c1ccc[nH]1. The van der Waals surface area contributed by atoms with Gasteiger partial charge in [0.15, 0.2) is 0 Å². The van der Waals surface area contributed by atoms with Crippen LogP contribution in [0.1, 0.15) is 40.6 Å². The van der Waals surface area contributed by atoms with E-state index in [0.29, 0.717) is 5.69 Å². The fourth-order valence-electron chi connectivity index (χ4n) is 3.99. The Morgan fingerprint density at radius 2 is 1.96 bits per heavy atom. The number of carbonyl (C=O) groups is 1. The molecule has 5 heteroatoms. The molecule has 2 aliphatic rings. The number of likely N-dealkylation sites (tertiary alicyclic amines) is 1. The van der Waals surface area contributed by atoms with Crippen molar-refractivity contribution >= 4 is 5.91 Å². The smallest absolute Gasteiger partial charge is 0.267 e. The summed E-state index contributed by atoms with van der Waals surface area (Å²) in [6.07, 6.45) is 4.12. The molecule has 0 radical (unpaired) electrons. The minimum absolute atomic E-state index is 0.0354. The maximum absolute atomic E-state index is 12.1. The van der Waals surface area contributed by atoms with Crippen molar-refractivity contribution in [3.05, 3.63) is 59.4 Å². The molecule has 0 saturated carbocycles. The number of hydrogen-bond donors (Lipinski definition) is 3. The highest BCUT2D eigenvalue weighted by molar-refractivity contribution is 5.92. The van der Waals surface area contributed by atoms with Gasteiger partial charge in [0.2, 0.25) is 0 Å². The van der Waals surface area contributed by atoms with Gasteiger partial charge in [-0.05, 0) is 42.5 Å². The Bertz CT molecular complexity index is 705. The number of aliphatic hydroxyl groups is 1. The Kier molecular flexibility index (Phi) is 4.12. The largest absolute Gasteiger partial charge is 0.387 e. The quantitative estimate of drug-likeness (QED) is 0.807. The molecule has 2 aromatic rings. The van der Waals surface area contributed by atoms with E-state index in [2.05, 4.69) is 21.3 Å². The van der Waals surface area contributed by atoms with E-state index in [9.17, 15) is 9.90 Å². The lowest BCUT2D eigenvalue weighted by Crippen LogP contribution is -2.49. The number of aromatic amines is 1. The van der Waals surface area contributed by atoms with Crippen LogP contribution in [-0.4, -0.2) is 46.1 Å². The van der Waals surface area contributed by atoms with Gasteiger partial charge in [-0.2, -0.15) is 0 Å². The average Bonchev–Trinajstić information content (AvgIpc) is 3.25. The van der Waals surface area contributed by atoms with E-state index in [1.54, 1.807) is 12.3 Å². The van der Waals surface area contributed by atoms with Gasteiger partial charge < -0.3 is 15.4 Å². The maximum atomic E-state index is 12.1. The molecular weight excluding hydrogens is 302 g/mol. The third-order valence-corrected chi connectivity index (χ3v) is 5.34. The molecule has 3 N–H and O–H groups in total. The molecule has 24 heavy (non-hydrogen) atoms. The summed E-state index contributed by atoms with van der Waals surface area (Å²) in [5.41, 5.74) is 2.95. The summed E-state index contributed by atoms with van der Waals surface area (Å²) in [5, 5.41) is 13.7. The zero-order valence-corrected chi connectivity index (χ0v) is 13.6. The highest BCUT2D eigenvalue weighted by atomic mass is 16.3. The molecular formula is C19H23N3O2. The second kappa shape index (κ2) is 6.42. The third-order valence-electron chi connectivity index (χ3n) is 5.34. The fraction of sp³-hybridized carbons (Fsp3) is 0.421. The molecule has 0 unspecified atom stereocenters. The van der Waals surface area contributed by atoms with E-state index in [-0.39, 0.29) is 18.0 Å². The topological polar surface area (TPSA) is 68.4 Å². The monoisotopic (exact) mass is 325 g/mol. The van der Waals surface area contributed by atoms with Crippen LogP contribution in [0.2, 0.25) is 0 Å². The average molecular weight is 325 g/mol. The molecule has 1 saturated heterocycles. The summed E-state index contributed by atoms with van der Waals surface area (Å²) >= 11 is 0. The van der Waals surface area contributed by atoms with E-state index in [1.165, 1.54) is 5.56 Å². The predicted molar refractivity (Wildman–Crippen MR) is 91.7 cm³/mol. The number of amides is 1. The Hall–Kier alpha value is -2.11. The summed E-state index contributed by atoms with van der Waals surface area (Å²) in [6, 6.07) is 12.2. The van der Waals surface area contributed by atoms with E-state index in [0.717, 1.165) is 37.9 Å². The minimum atomic E-state index is -0.397. The number of aromatic nitrogens is 1.